The molecule has 0 aromatic carbocycles. The minimum atomic E-state index is -1.43. The molecule has 0 amide bonds. The Balaban J connectivity index is 2.63. The Morgan fingerprint density at radius 2 is 1.45 bits per heavy atom. The van der Waals surface area contributed by atoms with Crippen LogP contribution in [0.15, 0.2) is 0 Å². The lowest BCUT2D eigenvalue weighted by molar-refractivity contribution is -0.277. The molecule has 2 unspecified atom stereocenters. The Labute approximate surface area is 63.8 Å². The van der Waals surface area contributed by atoms with Crippen LogP contribution < -0.4 is 0 Å². The van der Waals surface area contributed by atoms with E-state index in [2.05, 4.69) is 4.74 Å². The van der Waals surface area contributed by atoms with Crippen LogP contribution >= 0.6 is 0 Å². The summed E-state index contributed by atoms with van der Waals surface area (Å²) in [6.07, 6.45) is -5.99. The third-order valence-corrected chi connectivity index (χ3v) is 1.83. The number of aliphatic hydroxyl groups excluding tert-OH is 4. The molecule has 0 aromatic rings. The third kappa shape index (κ3) is 1.52. The fourth-order valence-electron chi connectivity index (χ4n) is 1.03. The van der Waals surface area contributed by atoms with Crippen molar-refractivity contribution in [2.24, 2.45) is 0 Å². The van der Waals surface area contributed by atoms with E-state index in [-0.39, 0.29) is 0 Å². The molecule has 0 saturated carbocycles. The first-order valence-electron chi connectivity index (χ1n) is 3.41. The van der Waals surface area contributed by atoms with E-state index < -0.39 is 30.7 Å². The molecule has 5 nitrogen and oxygen atoms in total. The van der Waals surface area contributed by atoms with Crippen LogP contribution in [0.3, 0.4) is 0 Å². The summed E-state index contributed by atoms with van der Waals surface area (Å²) in [5.41, 5.74) is 0. The second-order valence-electron chi connectivity index (χ2n) is 2.70. The van der Waals surface area contributed by atoms with Gasteiger partial charge < -0.3 is 25.2 Å². The van der Waals surface area contributed by atoms with Gasteiger partial charge in [-0.2, -0.15) is 0 Å². The van der Waals surface area contributed by atoms with Crippen molar-refractivity contribution in [1.82, 2.24) is 0 Å². The van der Waals surface area contributed by atoms with Gasteiger partial charge in [0.2, 0.25) is 0 Å². The van der Waals surface area contributed by atoms with Crippen LogP contribution in [0.1, 0.15) is 6.92 Å². The molecule has 5 atom stereocenters. The van der Waals surface area contributed by atoms with Crippen molar-refractivity contribution in [3.05, 3.63) is 0 Å². The molecule has 1 fully saturated rings. The van der Waals surface area contributed by atoms with E-state index >= 15 is 0 Å². The molecule has 1 rings (SSSR count). The average molecular weight is 164 g/mol. The first-order chi connectivity index (χ1) is 5.04. The van der Waals surface area contributed by atoms with E-state index in [0.29, 0.717) is 0 Å². The van der Waals surface area contributed by atoms with E-state index in [1.165, 1.54) is 6.92 Å². The molecule has 0 aliphatic carbocycles. The SMILES string of the molecule is CC1O[C@H](O)C(O)[C@H](O)[C@H]1O. The smallest absolute Gasteiger partial charge is 0.183 e. The Hall–Kier alpha value is -0.200. The van der Waals surface area contributed by atoms with Crippen molar-refractivity contribution in [1.29, 1.82) is 0 Å². The number of hydrogen-bond donors (Lipinski definition) is 4. The lowest BCUT2D eigenvalue weighted by Crippen LogP contribution is -2.56. The van der Waals surface area contributed by atoms with Gasteiger partial charge in [-0.3, -0.25) is 0 Å². The largest absolute Gasteiger partial charge is 0.388 e. The highest BCUT2D eigenvalue weighted by molar-refractivity contribution is 4.86. The van der Waals surface area contributed by atoms with E-state index in [1.807, 2.05) is 0 Å². The minimum Gasteiger partial charge on any atom is -0.388 e. The molecule has 66 valence electrons. The molecule has 1 heterocycles. The zero-order chi connectivity index (χ0) is 8.59. The summed E-state index contributed by atoms with van der Waals surface area (Å²) in [4.78, 5) is 0. The maximum absolute atomic E-state index is 9.09. The highest BCUT2D eigenvalue weighted by Gasteiger charge is 2.40. The second kappa shape index (κ2) is 3.04. The fraction of sp³-hybridized carbons (Fsp3) is 1.00. The maximum Gasteiger partial charge on any atom is 0.183 e. The van der Waals surface area contributed by atoms with Crippen molar-refractivity contribution < 1.29 is 25.2 Å². The zero-order valence-electron chi connectivity index (χ0n) is 6.08. The van der Waals surface area contributed by atoms with Crippen LogP contribution in [0.4, 0.5) is 0 Å². The first-order valence-corrected chi connectivity index (χ1v) is 3.41. The summed E-state index contributed by atoms with van der Waals surface area (Å²) < 4.78 is 4.68. The highest BCUT2D eigenvalue weighted by atomic mass is 16.6. The Morgan fingerprint density at radius 3 is 2.00 bits per heavy atom. The van der Waals surface area contributed by atoms with E-state index in [1.54, 1.807) is 0 Å². The van der Waals surface area contributed by atoms with Crippen molar-refractivity contribution >= 4 is 0 Å². The van der Waals surface area contributed by atoms with Crippen molar-refractivity contribution in [2.45, 2.75) is 37.6 Å². The van der Waals surface area contributed by atoms with E-state index in [0.717, 1.165) is 0 Å². The molecular formula is C6H12O5. The molecule has 5 heteroatoms. The average Bonchev–Trinajstić information content (AvgIpc) is 1.97. The van der Waals surface area contributed by atoms with E-state index in [4.69, 9.17) is 20.4 Å². The van der Waals surface area contributed by atoms with Crippen LogP contribution in [0.25, 0.3) is 0 Å². The predicted octanol–water partition coefficient (Wildman–Crippen LogP) is -2.19. The summed E-state index contributed by atoms with van der Waals surface area (Å²) in [5.74, 6) is 0. The molecule has 1 aliphatic heterocycles. The van der Waals surface area contributed by atoms with Gasteiger partial charge in [-0.1, -0.05) is 0 Å². The Bertz CT molecular complexity index is 125. The second-order valence-corrected chi connectivity index (χ2v) is 2.70. The van der Waals surface area contributed by atoms with Crippen LogP contribution in [0.5, 0.6) is 0 Å². The lowest BCUT2D eigenvalue weighted by Gasteiger charge is -2.36. The van der Waals surface area contributed by atoms with Crippen LogP contribution in [-0.2, 0) is 4.74 Å². The van der Waals surface area contributed by atoms with Crippen molar-refractivity contribution in [3.8, 4) is 0 Å². The van der Waals surface area contributed by atoms with Crippen molar-refractivity contribution in [3.63, 3.8) is 0 Å². The zero-order valence-corrected chi connectivity index (χ0v) is 6.08. The summed E-state index contributed by atoms with van der Waals surface area (Å²) in [6, 6.07) is 0. The Kier molecular flexibility index (Phi) is 2.46. The number of rotatable bonds is 0. The van der Waals surface area contributed by atoms with Crippen molar-refractivity contribution in [2.75, 3.05) is 0 Å². The number of aliphatic hydroxyl groups is 4. The molecule has 1 saturated heterocycles. The van der Waals surface area contributed by atoms with Gasteiger partial charge in [-0.05, 0) is 6.92 Å². The quantitative estimate of drug-likeness (QED) is 0.326. The highest BCUT2D eigenvalue weighted by Crippen LogP contribution is 2.18. The van der Waals surface area contributed by atoms with Gasteiger partial charge in [0.25, 0.3) is 0 Å². The topological polar surface area (TPSA) is 90.2 Å². The molecule has 1 aliphatic rings. The molecular weight excluding hydrogens is 152 g/mol. The molecule has 0 aromatic heterocycles. The van der Waals surface area contributed by atoms with Crippen LogP contribution in [-0.4, -0.2) is 51.1 Å². The van der Waals surface area contributed by atoms with Crippen LogP contribution in [0, 0.1) is 0 Å². The summed E-state index contributed by atoms with van der Waals surface area (Å²) in [7, 11) is 0. The summed E-state index contributed by atoms with van der Waals surface area (Å²) >= 11 is 0. The van der Waals surface area contributed by atoms with Gasteiger partial charge in [0.05, 0.1) is 6.10 Å². The summed E-state index contributed by atoms with van der Waals surface area (Å²) in [6.45, 7) is 1.50. The molecule has 0 radical (unpaired) electrons. The number of ether oxygens (including phenoxy) is 1. The molecule has 11 heavy (non-hydrogen) atoms. The molecule has 4 N–H and O–H groups in total. The normalized spacial score (nSPS) is 52.6. The van der Waals surface area contributed by atoms with Gasteiger partial charge in [0.15, 0.2) is 6.29 Å². The lowest BCUT2D eigenvalue weighted by atomic mass is 10.0. The summed E-state index contributed by atoms with van der Waals surface area (Å²) in [5, 5.41) is 36.0. The molecule has 0 bridgehead atoms. The molecule has 0 spiro atoms. The first kappa shape index (κ1) is 8.89. The van der Waals surface area contributed by atoms with E-state index in [9.17, 15) is 0 Å². The van der Waals surface area contributed by atoms with Gasteiger partial charge in [-0.15, -0.1) is 0 Å². The Morgan fingerprint density at radius 1 is 0.909 bits per heavy atom. The van der Waals surface area contributed by atoms with Gasteiger partial charge in [0, 0.05) is 0 Å². The number of hydrogen-bond acceptors (Lipinski definition) is 5. The standard InChI is InChI=1S/C6H12O5/c1-2-3(7)4(8)5(9)6(10)11-2/h2-10H,1H3/t2?,3-,4+,5?,6-/m0/s1. The maximum atomic E-state index is 9.09. The van der Waals surface area contributed by atoms with Gasteiger partial charge in [-0.25, -0.2) is 0 Å². The monoisotopic (exact) mass is 164 g/mol. The van der Waals surface area contributed by atoms with Gasteiger partial charge in [0.1, 0.15) is 18.3 Å². The predicted molar refractivity (Wildman–Crippen MR) is 34.6 cm³/mol. The minimum absolute atomic E-state index is 0.664. The third-order valence-electron chi connectivity index (χ3n) is 1.83. The van der Waals surface area contributed by atoms with Gasteiger partial charge >= 0.3 is 0 Å². The fourth-order valence-corrected chi connectivity index (χ4v) is 1.03. The van der Waals surface area contributed by atoms with Crippen LogP contribution in [0.2, 0.25) is 0 Å².